The van der Waals surface area contributed by atoms with E-state index in [1.165, 1.54) is 0 Å². The maximum absolute atomic E-state index is 12.7. The van der Waals surface area contributed by atoms with Crippen molar-refractivity contribution < 1.29 is 9.53 Å². The Morgan fingerprint density at radius 1 is 1.48 bits per heavy atom. The molecule has 1 aromatic rings. The summed E-state index contributed by atoms with van der Waals surface area (Å²) in [4.78, 5) is 12.7. The summed E-state index contributed by atoms with van der Waals surface area (Å²) >= 11 is 0. The smallest absolute Gasteiger partial charge is 0.242 e. The second kappa shape index (κ2) is 7.45. The van der Waals surface area contributed by atoms with E-state index in [2.05, 4.69) is 29.6 Å². The average Bonchev–Trinajstić information content (AvgIpc) is 2.94. The van der Waals surface area contributed by atoms with Crippen LogP contribution in [0.25, 0.3) is 0 Å². The minimum atomic E-state index is -0.374. The third kappa shape index (κ3) is 3.28. The normalized spacial score (nSPS) is 24.0. The van der Waals surface area contributed by atoms with Crippen molar-refractivity contribution >= 4 is 5.91 Å². The Balaban J connectivity index is 2.07. The van der Waals surface area contributed by atoms with E-state index in [0.29, 0.717) is 0 Å². The fraction of sp³-hybridized carbons (Fsp3) is 0.765. The van der Waals surface area contributed by atoms with Gasteiger partial charge in [-0.05, 0) is 33.2 Å². The van der Waals surface area contributed by atoms with Gasteiger partial charge in [-0.15, -0.1) is 0 Å². The van der Waals surface area contributed by atoms with Gasteiger partial charge in [-0.2, -0.15) is 5.10 Å². The molecule has 23 heavy (non-hydrogen) atoms. The van der Waals surface area contributed by atoms with Crippen molar-refractivity contribution in [1.82, 2.24) is 20.4 Å². The zero-order chi connectivity index (χ0) is 17.0. The monoisotopic (exact) mass is 322 g/mol. The van der Waals surface area contributed by atoms with Gasteiger partial charge in [0.15, 0.2) is 0 Å². The van der Waals surface area contributed by atoms with Gasteiger partial charge in [-0.1, -0.05) is 13.8 Å². The second-order valence-corrected chi connectivity index (χ2v) is 6.35. The van der Waals surface area contributed by atoms with Crippen LogP contribution in [-0.4, -0.2) is 41.5 Å². The quantitative estimate of drug-likeness (QED) is 0.765. The molecular weight excluding hydrogens is 292 g/mol. The molecule has 1 aromatic heterocycles. The number of hydrogen-bond acceptors (Lipinski definition) is 4. The van der Waals surface area contributed by atoms with E-state index in [1.807, 2.05) is 20.2 Å². The first-order chi connectivity index (χ1) is 11.0. The summed E-state index contributed by atoms with van der Waals surface area (Å²) < 4.78 is 7.59. The molecule has 0 aliphatic heterocycles. The van der Waals surface area contributed by atoms with E-state index in [0.717, 1.165) is 31.4 Å². The third-order valence-electron chi connectivity index (χ3n) is 5.39. The van der Waals surface area contributed by atoms with Gasteiger partial charge in [0, 0.05) is 36.9 Å². The third-order valence-corrected chi connectivity index (χ3v) is 5.39. The molecular formula is C17H30N4O2. The highest BCUT2D eigenvalue weighted by atomic mass is 16.5. The molecule has 2 rings (SSSR count). The molecule has 1 fully saturated rings. The molecule has 0 radical (unpaired) electrons. The van der Waals surface area contributed by atoms with E-state index < -0.39 is 0 Å². The molecule has 2 N–H and O–H groups in total. The van der Waals surface area contributed by atoms with Gasteiger partial charge >= 0.3 is 0 Å². The van der Waals surface area contributed by atoms with Crippen molar-refractivity contribution in [1.29, 1.82) is 0 Å². The number of aryl methyl sites for hydroxylation is 1. The molecule has 1 heterocycles. The van der Waals surface area contributed by atoms with Gasteiger partial charge in [0.25, 0.3) is 0 Å². The standard InChI is InChI=1S/C17H30N4O2/c1-6-17(7-2)13(9-14(17)23-8-3)20-16(22)15(18-4)12-10-19-21(5)11-12/h10-11,13-15,18H,6-9H2,1-5H3,(H,20,22). The van der Waals surface area contributed by atoms with E-state index in [9.17, 15) is 4.79 Å². The number of nitrogens with one attached hydrogen (secondary N) is 2. The number of hydrogen-bond donors (Lipinski definition) is 2. The van der Waals surface area contributed by atoms with Crippen molar-refractivity contribution in [2.24, 2.45) is 12.5 Å². The summed E-state index contributed by atoms with van der Waals surface area (Å²) in [7, 11) is 3.65. The lowest BCUT2D eigenvalue weighted by Crippen LogP contribution is -2.65. The lowest BCUT2D eigenvalue weighted by atomic mass is 9.58. The van der Waals surface area contributed by atoms with Crippen LogP contribution in [0.3, 0.4) is 0 Å². The van der Waals surface area contributed by atoms with E-state index >= 15 is 0 Å². The summed E-state index contributed by atoms with van der Waals surface area (Å²) in [6.45, 7) is 7.12. The number of aromatic nitrogens is 2. The number of likely N-dealkylation sites (N-methyl/N-ethyl adjacent to an activating group) is 1. The predicted octanol–water partition coefficient (Wildman–Crippen LogP) is 1.78. The van der Waals surface area contributed by atoms with Crippen molar-refractivity contribution in [3.05, 3.63) is 18.0 Å². The highest BCUT2D eigenvalue weighted by Gasteiger charge is 2.54. The van der Waals surface area contributed by atoms with Gasteiger partial charge in [-0.25, -0.2) is 0 Å². The van der Waals surface area contributed by atoms with Crippen molar-refractivity contribution in [3.8, 4) is 0 Å². The van der Waals surface area contributed by atoms with Crippen molar-refractivity contribution in [2.75, 3.05) is 13.7 Å². The minimum absolute atomic E-state index is 0.00623. The molecule has 6 nitrogen and oxygen atoms in total. The summed E-state index contributed by atoms with van der Waals surface area (Å²) in [5.41, 5.74) is 0.936. The summed E-state index contributed by atoms with van der Waals surface area (Å²) in [5.74, 6) is 0.00623. The zero-order valence-corrected chi connectivity index (χ0v) is 14.9. The highest BCUT2D eigenvalue weighted by molar-refractivity contribution is 5.83. The van der Waals surface area contributed by atoms with Gasteiger partial charge < -0.3 is 15.4 Å². The van der Waals surface area contributed by atoms with Crippen molar-refractivity contribution in [2.45, 2.75) is 58.2 Å². The maximum atomic E-state index is 12.7. The molecule has 1 aliphatic carbocycles. The first-order valence-corrected chi connectivity index (χ1v) is 8.60. The number of carbonyl (C=O) groups excluding carboxylic acids is 1. The Hall–Kier alpha value is -1.40. The highest BCUT2D eigenvalue weighted by Crippen LogP contribution is 2.49. The molecule has 0 spiro atoms. The molecule has 130 valence electrons. The molecule has 3 atom stereocenters. The molecule has 0 bridgehead atoms. The van der Waals surface area contributed by atoms with Crippen LogP contribution in [-0.2, 0) is 16.6 Å². The molecule has 6 heteroatoms. The Morgan fingerprint density at radius 3 is 2.65 bits per heavy atom. The van der Waals surface area contributed by atoms with Gasteiger partial charge in [0.05, 0.1) is 12.3 Å². The van der Waals surface area contributed by atoms with Crippen LogP contribution in [0, 0.1) is 5.41 Å². The number of nitrogens with zero attached hydrogens (tertiary/aromatic N) is 2. The van der Waals surface area contributed by atoms with E-state index in [1.54, 1.807) is 17.9 Å². The molecule has 0 saturated heterocycles. The Kier molecular flexibility index (Phi) is 5.81. The number of carbonyl (C=O) groups is 1. The lowest BCUT2D eigenvalue weighted by Gasteiger charge is -2.55. The average molecular weight is 322 g/mol. The largest absolute Gasteiger partial charge is 0.378 e. The number of amides is 1. The van der Waals surface area contributed by atoms with Gasteiger partial charge in [0.1, 0.15) is 6.04 Å². The van der Waals surface area contributed by atoms with E-state index in [-0.39, 0.29) is 29.5 Å². The second-order valence-electron chi connectivity index (χ2n) is 6.35. The van der Waals surface area contributed by atoms with Crippen LogP contribution in [0.4, 0.5) is 0 Å². The van der Waals surface area contributed by atoms with Crippen LogP contribution in [0.2, 0.25) is 0 Å². The fourth-order valence-corrected chi connectivity index (χ4v) is 3.88. The first-order valence-electron chi connectivity index (χ1n) is 8.60. The minimum Gasteiger partial charge on any atom is -0.378 e. The van der Waals surface area contributed by atoms with Crippen LogP contribution in [0.1, 0.15) is 51.6 Å². The van der Waals surface area contributed by atoms with Gasteiger partial charge in [-0.3, -0.25) is 9.48 Å². The van der Waals surface area contributed by atoms with Crippen LogP contribution >= 0.6 is 0 Å². The van der Waals surface area contributed by atoms with Gasteiger partial charge in [0.2, 0.25) is 5.91 Å². The molecule has 1 saturated carbocycles. The van der Waals surface area contributed by atoms with E-state index in [4.69, 9.17) is 4.74 Å². The number of rotatable bonds is 8. The summed E-state index contributed by atoms with van der Waals surface area (Å²) in [6, 6.07) is -0.199. The summed E-state index contributed by atoms with van der Waals surface area (Å²) in [5, 5.41) is 10.5. The van der Waals surface area contributed by atoms with Crippen molar-refractivity contribution in [3.63, 3.8) is 0 Å². The Morgan fingerprint density at radius 2 is 2.17 bits per heavy atom. The molecule has 1 amide bonds. The lowest BCUT2D eigenvalue weighted by molar-refractivity contribution is -0.149. The fourth-order valence-electron chi connectivity index (χ4n) is 3.88. The Bertz CT molecular complexity index is 524. The predicted molar refractivity (Wildman–Crippen MR) is 90.0 cm³/mol. The van der Waals surface area contributed by atoms with Crippen LogP contribution in [0.5, 0.6) is 0 Å². The SMILES string of the molecule is CCOC1CC(NC(=O)C(NC)c2cnn(C)c2)C1(CC)CC. The zero-order valence-electron chi connectivity index (χ0n) is 14.9. The Labute approximate surface area is 139 Å². The maximum Gasteiger partial charge on any atom is 0.242 e. The van der Waals surface area contributed by atoms with Crippen LogP contribution in [0.15, 0.2) is 12.4 Å². The summed E-state index contributed by atoms with van der Waals surface area (Å²) in [6.07, 6.45) is 6.77. The van der Waals surface area contributed by atoms with Crippen LogP contribution < -0.4 is 10.6 Å². The first kappa shape index (κ1) is 17.9. The molecule has 1 aliphatic rings. The molecule has 3 unspecified atom stereocenters. The number of ether oxygens (including phenoxy) is 1. The molecule has 0 aromatic carbocycles. The topological polar surface area (TPSA) is 68.2 Å².